The average Bonchev–Trinajstić information content (AvgIpc) is 2.23. The zero-order valence-corrected chi connectivity index (χ0v) is 9.44. The first-order chi connectivity index (χ1) is 7.13. The minimum Gasteiger partial charge on any atom is -0.468 e. The molecule has 0 saturated heterocycles. The van der Waals surface area contributed by atoms with Crippen molar-refractivity contribution < 1.29 is 18.3 Å². The van der Waals surface area contributed by atoms with Crippen molar-refractivity contribution in [2.45, 2.75) is 6.54 Å². The van der Waals surface area contributed by atoms with Crippen LogP contribution < -0.4 is 5.32 Å². The van der Waals surface area contributed by atoms with Crippen LogP contribution in [0.3, 0.4) is 0 Å². The number of rotatable bonds is 4. The molecule has 0 bridgehead atoms. The molecule has 1 rings (SSSR count). The number of hydrogen-bond acceptors (Lipinski definition) is 3. The van der Waals surface area contributed by atoms with Gasteiger partial charge < -0.3 is 10.1 Å². The lowest BCUT2D eigenvalue weighted by atomic mass is 10.2. The van der Waals surface area contributed by atoms with E-state index < -0.39 is 17.6 Å². The Kier molecular flexibility index (Phi) is 6.60. The summed E-state index contributed by atoms with van der Waals surface area (Å²) in [5.41, 5.74) is 0.567. The van der Waals surface area contributed by atoms with Gasteiger partial charge in [-0.25, -0.2) is 8.78 Å². The van der Waals surface area contributed by atoms with Gasteiger partial charge in [-0.05, 0) is 17.7 Å². The highest BCUT2D eigenvalue weighted by molar-refractivity contribution is 5.85. The summed E-state index contributed by atoms with van der Waals surface area (Å²) in [6.45, 7) is 0.321. The summed E-state index contributed by atoms with van der Waals surface area (Å²) < 4.78 is 29.7. The lowest BCUT2D eigenvalue weighted by Gasteiger charge is -2.03. The summed E-state index contributed by atoms with van der Waals surface area (Å²) in [7, 11) is 1.28. The highest BCUT2D eigenvalue weighted by Crippen LogP contribution is 2.08. The molecule has 0 saturated carbocycles. The first-order valence-corrected chi connectivity index (χ1v) is 4.35. The number of benzene rings is 1. The number of ether oxygens (including phenoxy) is 1. The lowest BCUT2D eigenvalue weighted by Crippen LogP contribution is -2.23. The van der Waals surface area contributed by atoms with Crippen LogP contribution >= 0.6 is 12.4 Å². The van der Waals surface area contributed by atoms with Gasteiger partial charge in [0.05, 0.1) is 13.7 Å². The molecular weight excluding hydrogens is 240 g/mol. The molecule has 6 heteroatoms. The smallest absolute Gasteiger partial charge is 0.319 e. The minimum atomic E-state index is -0.896. The molecule has 0 atom stereocenters. The average molecular weight is 252 g/mol. The molecule has 3 nitrogen and oxygen atoms in total. The molecule has 0 fully saturated rings. The standard InChI is InChI=1S/C10H11F2NO2.ClH/c1-15-10(14)6-13-5-7-2-3-8(11)9(12)4-7;/h2-4,13H,5-6H2,1H3;1H. The van der Waals surface area contributed by atoms with Crippen molar-refractivity contribution in [1.29, 1.82) is 0 Å². The summed E-state index contributed by atoms with van der Waals surface area (Å²) in [6.07, 6.45) is 0. The first kappa shape index (κ1) is 14.8. The van der Waals surface area contributed by atoms with E-state index in [4.69, 9.17) is 0 Å². The Morgan fingerprint density at radius 1 is 1.38 bits per heavy atom. The minimum absolute atomic E-state index is 0. The molecule has 0 aliphatic carbocycles. The number of methoxy groups -OCH3 is 1. The predicted molar refractivity (Wildman–Crippen MR) is 57.3 cm³/mol. The molecule has 90 valence electrons. The van der Waals surface area contributed by atoms with Crippen LogP contribution in [0.1, 0.15) is 5.56 Å². The summed E-state index contributed by atoms with van der Waals surface area (Å²) in [4.78, 5) is 10.7. The quantitative estimate of drug-likeness (QED) is 0.827. The fourth-order valence-electron chi connectivity index (χ4n) is 1.03. The van der Waals surface area contributed by atoms with Crippen LogP contribution in [0.2, 0.25) is 0 Å². The maximum Gasteiger partial charge on any atom is 0.319 e. The number of esters is 1. The van der Waals surface area contributed by atoms with Crippen molar-refractivity contribution in [3.8, 4) is 0 Å². The Hall–Kier alpha value is -1.20. The molecule has 1 aromatic rings. The lowest BCUT2D eigenvalue weighted by molar-refractivity contribution is -0.139. The third-order valence-electron chi connectivity index (χ3n) is 1.81. The molecule has 0 unspecified atom stereocenters. The summed E-state index contributed by atoms with van der Waals surface area (Å²) >= 11 is 0. The van der Waals surface area contributed by atoms with Crippen molar-refractivity contribution >= 4 is 18.4 Å². The van der Waals surface area contributed by atoms with Crippen LogP contribution in [0.15, 0.2) is 18.2 Å². The van der Waals surface area contributed by atoms with E-state index >= 15 is 0 Å². The Balaban J connectivity index is 0.00000225. The molecular formula is C10H12ClF2NO2. The van der Waals surface area contributed by atoms with Crippen molar-refractivity contribution in [3.05, 3.63) is 35.4 Å². The number of hydrogen-bond donors (Lipinski definition) is 1. The second kappa shape index (κ2) is 7.14. The highest BCUT2D eigenvalue weighted by Gasteiger charge is 2.03. The Morgan fingerprint density at radius 3 is 2.62 bits per heavy atom. The molecule has 1 aromatic carbocycles. The fourth-order valence-corrected chi connectivity index (χ4v) is 1.03. The molecule has 0 radical (unpaired) electrons. The number of halogens is 3. The van der Waals surface area contributed by atoms with Crippen molar-refractivity contribution in [1.82, 2.24) is 5.32 Å². The topological polar surface area (TPSA) is 38.3 Å². The fraction of sp³-hybridized carbons (Fsp3) is 0.300. The van der Waals surface area contributed by atoms with Crippen molar-refractivity contribution in [2.75, 3.05) is 13.7 Å². The number of carbonyl (C=O) groups is 1. The zero-order chi connectivity index (χ0) is 11.3. The van der Waals surface area contributed by atoms with Gasteiger partial charge in [0, 0.05) is 6.54 Å². The zero-order valence-electron chi connectivity index (χ0n) is 8.63. The molecule has 16 heavy (non-hydrogen) atoms. The van der Waals surface area contributed by atoms with Crippen molar-refractivity contribution in [2.24, 2.45) is 0 Å². The van der Waals surface area contributed by atoms with E-state index in [-0.39, 0.29) is 25.5 Å². The Labute approximate surface area is 98.2 Å². The van der Waals surface area contributed by atoms with E-state index in [9.17, 15) is 13.6 Å². The van der Waals surface area contributed by atoms with Crippen LogP contribution in [0, 0.1) is 11.6 Å². The molecule has 0 aromatic heterocycles. The molecule has 1 N–H and O–H groups in total. The van der Waals surface area contributed by atoms with Crippen molar-refractivity contribution in [3.63, 3.8) is 0 Å². The van der Waals surface area contributed by atoms with E-state index in [0.717, 1.165) is 12.1 Å². The predicted octanol–water partition coefficient (Wildman–Crippen LogP) is 1.65. The maximum atomic E-state index is 12.7. The van der Waals surface area contributed by atoms with Gasteiger partial charge in [-0.1, -0.05) is 6.07 Å². The van der Waals surface area contributed by atoms with Crippen LogP contribution in [0.5, 0.6) is 0 Å². The van der Waals surface area contributed by atoms with E-state index in [1.165, 1.54) is 13.2 Å². The van der Waals surface area contributed by atoms with Crippen LogP contribution in [0.4, 0.5) is 8.78 Å². The Bertz CT molecular complexity index is 361. The molecule has 0 heterocycles. The van der Waals surface area contributed by atoms with Crippen LogP contribution in [-0.2, 0) is 16.1 Å². The second-order valence-corrected chi connectivity index (χ2v) is 2.93. The summed E-state index contributed by atoms with van der Waals surface area (Å²) in [5, 5.41) is 2.74. The monoisotopic (exact) mass is 251 g/mol. The van der Waals surface area contributed by atoms with Gasteiger partial charge >= 0.3 is 5.97 Å². The van der Waals surface area contributed by atoms with Crippen LogP contribution in [0.25, 0.3) is 0 Å². The van der Waals surface area contributed by atoms with E-state index in [1.807, 2.05) is 0 Å². The third kappa shape index (κ3) is 4.55. The van der Waals surface area contributed by atoms with Gasteiger partial charge in [0.25, 0.3) is 0 Å². The SMILES string of the molecule is COC(=O)CNCc1ccc(F)c(F)c1.Cl. The summed E-state index contributed by atoms with van der Waals surface area (Å²) in [5.74, 6) is -2.18. The molecule has 0 spiro atoms. The van der Waals surface area contributed by atoms with E-state index in [2.05, 4.69) is 10.1 Å². The van der Waals surface area contributed by atoms with Gasteiger partial charge in [-0.2, -0.15) is 0 Å². The van der Waals surface area contributed by atoms with Gasteiger partial charge in [0.15, 0.2) is 11.6 Å². The number of carbonyl (C=O) groups excluding carboxylic acids is 1. The molecule has 0 aliphatic rings. The maximum absolute atomic E-state index is 12.7. The first-order valence-electron chi connectivity index (χ1n) is 4.35. The van der Waals surface area contributed by atoms with Gasteiger partial charge in [-0.15, -0.1) is 12.4 Å². The third-order valence-corrected chi connectivity index (χ3v) is 1.81. The van der Waals surface area contributed by atoms with Gasteiger partial charge in [-0.3, -0.25) is 4.79 Å². The Morgan fingerprint density at radius 2 is 2.06 bits per heavy atom. The largest absolute Gasteiger partial charge is 0.468 e. The highest BCUT2D eigenvalue weighted by atomic mass is 35.5. The molecule has 0 amide bonds. The van der Waals surface area contributed by atoms with E-state index in [0.29, 0.717) is 5.56 Å². The normalized spacial score (nSPS) is 9.44. The van der Waals surface area contributed by atoms with Gasteiger partial charge in [0.2, 0.25) is 0 Å². The van der Waals surface area contributed by atoms with Crippen LogP contribution in [-0.4, -0.2) is 19.6 Å². The van der Waals surface area contributed by atoms with E-state index in [1.54, 1.807) is 0 Å². The molecule has 0 aliphatic heterocycles. The number of nitrogens with one attached hydrogen (secondary N) is 1. The summed E-state index contributed by atoms with van der Waals surface area (Å²) in [6, 6.07) is 3.58. The second-order valence-electron chi connectivity index (χ2n) is 2.93. The van der Waals surface area contributed by atoms with Gasteiger partial charge in [0.1, 0.15) is 0 Å².